The SMILES string of the molecule is Cc1ccc(S(C)(=O)=O)cc1C(=O)O[C@H](C)C(=O)N[C@@H](C)c1ccc(F)cc1. The van der Waals surface area contributed by atoms with Gasteiger partial charge in [-0.05, 0) is 56.2 Å². The first-order chi connectivity index (χ1) is 13.0. The molecule has 150 valence electrons. The fraction of sp³-hybridized carbons (Fsp3) is 0.300. The van der Waals surface area contributed by atoms with E-state index in [4.69, 9.17) is 4.74 Å². The molecule has 0 aliphatic carbocycles. The Bertz CT molecular complexity index is 986. The minimum absolute atomic E-state index is 0.00733. The van der Waals surface area contributed by atoms with Crippen molar-refractivity contribution in [2.45, 2.75) is 37.8 Å². The summed E-state index contributed by atoms with van der Waals surface area (Å²) in [5.41, 5.74) is 1.31. The van der Waals surface area contributed by atoms with Crippen LogP contribution in [0.4, 0.5) is 4.39 Å². The van der Waals surface area contributed by atoms with Crippen LogP contribution >= 0.6 is 0 Å². The standard InChI is InChI=1S/C20H22FNO5S/c1-12-5-10-17(28(4,25)26)11-18(12)20(24)27-14(3)19(23)22-13(2)15-6-8-16(21)9-7-15/h5-11,13-14H,1-4H3,(H,22,23)/t13-,14+/m0/s1. The summed E-state index contributed by atoms with van der Waals surface area (Å²) < 4.78 is 41.6. The molecule has 0 aliphatic rings. The Balaban J connectivity index is 2.07. The van der Waals surface area contributed by atoms with E-state index in [9.17, 15) is 22.4 Å². The number of rotatable bonds is 6. The van der Waals surface area contributed by atoms with Gasteiger partial charge in [-0.2, -0.15) is 0 Å². The topological polar surface area (TPSA) is 89.5 Å². The number of halogens is 1. The molecule has 0 fully saturated rings. The number of aryl methyl sites for hydroxylation is 1. The maximum absolute atomic E-state index is 13.0. The minimum Gasteiger partial charge on any atom is -0.449 e. The van der Waals surface area contributed by atoms with Crippen molar-refractivity contribution < 1.29 is 27.1 Å². The predicted octanol–water partition coefficient (Wildman–Crippen LogP) is 2.96. The first kappa shape index (κ1) is 21.6. The molecule has 0 saturated carbocycles. The highest BCUT2D eigenvalue weighted by Crippen LogP contribution is 2.18. The number of ether oxygens (including phenoxy) is 1. The Hall–Kier alpha value is -2.74. The van der Waals surface area contributed by atoms with Gasteiger partial charge in [-0.1, -0.05) is 18.2 Å². The summed E-state index contributed by atoms with van der Waals surface area (Å²) in [5.74, 6) is -1.70. The quantitative estimate of drug-likeness (QED) is 0.744. The average molecular weight is 407 g/mol. The van der Waals surface area contributed by atoms with Gasteiger partial charge >= 0.3 is 5.97 Å². The van der Waals surface area contributed by atoms with Crippen molar-refractivity contribution in [3.05, 3.63) is 65.0 Å². The highest BCUT2D eigenvalue weighted by molar-refractivity contribution is 7.90. The summed E-state index contributed by atoms with van der Waals surface area (Å²) in [6.07, 6.45) is -0.0589. The minimum atomic E-state index is -3.48. The highest BCUT2D eigenvalue weighted by atomic mass is 32.2. The van der Waals surface area contributed by atoms with Crippen LogP contribution in [0, 0.1) is 12.7 Å². The molecule has 2 rings (SSSR count). The number of benzene rings is 2. The summed E-state index contributed by atoms with van der Waals surface area (Å²) in [7, 11) is -3.48. The fourth-order valence-corrected chi connectivity index (χ4v) is 3.14. The van der Waals surface area contributed by atoms with Gasteiger partial charge < -0.3 is 10.1 Å². The van der Waals surface area contributed by atoms with Crippen LogP contribution in [-0.4, -0.2) is 32.7 Å². The number of sulfone groups is 1. The number of carbonyl (C=O) groups excluding carboxylic acids is 2. The van der Waals surface area contributed by atoms with Crippen LogP contribution in [0.15, 0.2) is 47.4 Å². The van der Waals surface area contributed by atoms with Gasteiger partial charge in [0.2, 0.25) is 0 Å². The van der Waals surface area contributed by atoms with Crippen molar-refractivity contribution >= 4 is 21.7 Å². The smallest absolute Gasteiger partial charge is 0.339 e. The lowest BCUT2D eigenvalue weighted by Crippen LogP contribution is -2.37. The zero-order valence-corrected chi connectivity index (χ0v) is 16.8. The zero-order chi connectivity index (χ0) is 21.1. The van der Waals surface area contributed by atoms with E-state index in [1.54, 1.807) is 26.0 Å². The van der Waals surface area contributed by atoms with Crippen molar-refractivity contribution in [1.29, 1.82) is 0 Å². The van der Waals surface area contributed by atoms with Crippen LogP contribution in [-0.2, 0) is 19.4 Å². The third-order valence-electron chi connectivity index (χ3n) is 4.24. The lowest BCUT2D eigenvalue weighted by atomic mass is 10.1. The van der Waals surface area contributed by atoms with Crippen LogP contribution in [0.2, 0.25) is 0 Å². The summed E-state index contributed by atoms with van der Waals surface area (Å²) in [5, 5.41) is 2.69. The summed E-state index contributed by atoms with van der Waals surface area (Å²) >= 11 is 0. The van der Waals surface area contributed by atoms with Gasteiger partial charge in [-0.25, -0.2) is 17.6 Å². The van der Waals surface area contributed by atoms with Crippen LogP contribution < -0.4 is 5.32 Å². The van der Waals surface area contributed by atoms with Gasteiger partial charge in [-0.3, -0.25) is 4.79 Å². The number of nitrogens with one attached hydrogen (secondary N) is 1. The third-order valence-corrected chi connectivity index (χ3v) is 5.35. The second kappa shape index (κ2) is 8.52. The molecule has 0 saturated heterocycles. The maximum Gasteiger partial charge on any atom is 0.339 e. The average Bonchev–Trinajstić information content (AvgIpc) is 2.61. The lowest BCUT2D eigenvalue weighted by Gasteiger charge is -2.19. The first-order valence-electron chi connectivity index (χ1n) is 8.56. The van der Waals surface area contributed by atoms with E-state index in [0.29, 0.717) is 11.1 Å². The molecule has 0 aliphatic heterocycles. The van der Waals surface area contributed by atoms with E-state index in [-0.39, 0.29) is 16.3 Å². The molecule has 0 aromatic heterocycles. The fourth-order valence-electron chi connectivity index (χ4n) is 2.49. The maximum atomic E-state index is 13.0. The Morgan fingerprint density at radius 3 is 2.25 bits per heavy atom. The van der Waals surface area contributed by atoms with Crippen LogP contribution in [0.3, 0.4) is 0 Å². The molecule has 0 bridgehead atoms. The van der Waals surface area contributed by atoms with Crippen molar-refractivity contribution in [3.8, 4) is 0 Å². The Morgan fingerprint density at radius 1 is 1.07 bits per heavy atom. The van der Waals surface area contributed by atoms with Gasteiger partial charge in [0, 0.05) is 6.26 Å². The Morgan fingerprint density at radius 2 is 1.68 bits per heavy atom. The molecular formula is C20H22FNO5S. The van der Waals surface area contributed by atoms with Crippen molar-refractivity contribution in [3.63, 3.8) is 0 Å². The zero-order valence-electron chi connectivity index (χ0n) is 16.0. The van der Waals surface area contributed by atoms with E-state index in [0.717, 1.165) is 6.26 Å². The summed E-state index contributed by atoms with van der Waals surface area (Å²) in [6, 6.07) is 9.42. The van der Waals surface area contributed by atoms with E-state index >= 15 is 0 Å². The first-order valence-corrected chi connectivity index (χ1v) is 10.5. The number of hydrogen-bond donors (Lipinski definition) is 1. The molecule has 1 N–H and O–H groups in total. The molecule has 1 amide bonds. The number of hydrogen-bond acceptors (Lipinski definition) is 5. The Kier molecular flexibility index (Phi) is 6.56. The highest BCUT2D eigenvalue weighted by Gasteiger charge is 2.23. The summed E-state index contributed by atoms with van der Waals surface area (Å²) in [6.45, 7) is 4.78. The largest absolute Gasteiger partial charge is 0.449 e. The lowest BCUT2D eigenvalue weighted by molar-refractivity contribution is -0.129. The van der Waals surface area contributed by atoms with Crippen molar-refractivity contribution in [2.24, 2.45) is 0 Å². The van der Waals surface area contributed by atoms with Gasteiger partial charge in [0.05, 0.1) is 16.5 Å². The van der Waals surface area contributed by atoms with Crippen LogP contribution in [0.5, 0.6) is 0 Å². The van der Waals surface area contributed by atoms with Crippen molar-refractivity contribution in [1.82, 2.24) is 5.32 Å². The van der Waals surface area contributed by atoms with Crippen LogP contribution in [0.25, 0.3) is 0 Å². The number of carbonyl (C=O) groups is 2. The molecule has 6 nitrogen and oxygen atoms in total. The molecule has 2 aromatic carbocycles. The van der Waals surface area contributed by atoms with E-state index in [1.165, 1.54) is 37.3 Å². The van der Waals surface area contributed by atoms with Gasteiger partial charge in [0.25, 0.3) is 5.91 Å². The van der Waals surface area contributed by atoms with Crippen molar-refractivity contribution in [2.75, 3.05) is 6.26 Å². The molecule has 0 unspecified atom stereocenters. The number of esters is 1. The molecule has 0 heterocycles. The normalized spacial score (nSPS) is 13.5. The Labute approximate surface area is 163 Å². The van der Waals surface area contributed by atoms with Crippen LogP contribution in [0.1, 0.15) is 41.4 Å². The molecule has 2 atom stereocenters. The van der Waals surface area contributed by atoms with E-state index in [2.05, 4.69) is 5.32 Å². The summed E-state index contributed by atoms with van der Waals surface area (Å²) in [4.78, 5) is 24.7. The van der Waals surface area contributed by atoms with E-state index in [1.807, 2.05) is 0 Å². The van der Waals surface area contributed by atoms with Gasteiger partial charge in [-0.15, -0.1) is 0 Å². The number of amides is 1. The molecule has 0 radical (unpaired) electrons. The monoisotopic (exact) mass is 407 g/mol. The van der Waals surface area contributed by atoms with E-state index < -0.39 is 33.9 Å². The second-order valence-electron chi connectivity index (χ2n) is 6.58. The molecule has 2 aromatic rings. The molecular weight excluding hydrogens is 385 g/mol. The van der Waals surface area contributed by atoms with Gasteiger partial charge in [0.1, 0.15) is 5.82 Å². The second-order valence-corrected chi connectivity index (χ2v) is 8.59. The molecule has 8 heteroatoms. The predicted molar refractivity (Wildman–Crippen MR) is 102 cm³/mol. The molecule has 0 spiro atoms. The van der Waals surface area contributed by atoms with Gasteiger partial charge in [0.15, 0.2) is 15.9 Å². The molecule has 28 heavy (non-hydrogen) atoms. The third kappa shape index (κ3) is 5.39.